The molecule has 2 N–H and O–H groups in total. The second-order valence-electron chi connectivity index (χ2n) is 9.52. The molecule has 2 unspecified atom stereocenters. The average molecular weight is 551 g/mol. The van der Waals surface area contributed by atoms with Crippen molar-refractivity contribution in [3.05, 3.63) is 88.5 Å². The van der Waals surface area contributed by atoms with Crippen molar-refractivity contribution in [1.82, 2.24) is 4.98 Å². The van der Waals surface area contributed by atoms with E-state index in [-0.39, 0.29) is 45.8 Å². The van der Waals surface area contributed by atoms with Gasteiger partial charge < -0.3 is 10.4 Å². The van der Waals surface area contributed by atoms with E-state index in [1.807, 2.05) is 0 Å². The Morgan fingerprint density at radius 3 is 2.19 bits per heavy atom. The number of sulfone groups is 1. The van der Waals surface area contributed by atoms with Gasteiger partial charge in [0.05, 0.1) is 20.8 Å². The second kappa shape index (κ2) is 9.41. The van der Waals surface area contributed by atoms with E-state index in [2.05, 4.69) is 10.3 Å². The van der Waals surface area contributed by atoms with Gasteiger partial charge in [-0.05, 0) is 73.4 Å². The van der Waals surface area contributed by atoms with E-state index in [4.69, 9.17) is 11.6 Å². The number of halogens is 4. The van der Waals surface area contributed by atoms with E-state index in [0.717, 1.165) is 11.6 Å². The standard InChI is InChI=1S/C26H22ClF3N2O4S/c27-20-4-1-14(25(33)32-18-12-21(28)24(30)22(29)13-18)9-23(20)37(35,36)19-10-16-2-3-17(11-19)26(16,34)15-5-7-31-8-6-15/h1,4-9,12-13,16-17,19,34H,2-3,10-11H2,(H,32,33). The number of hydrogen-bond acceptors (Lipinski definition) is 5. The minimum Gasteiger partial charge on any atom is -0.385 e. The Morgan fingerprint density at radius 1 is 1.00 bits per heavy atom. The summed E-state index contributed by atoms with van der Waals surface area (Å²) in [7, 11) is -4.00. The van der Waals surface area contributed by atoms with E-state index >= 15 is 0 Å². The first kappa shape index (κ1) is 25.7. The Balaban J connectivity index is 1.41. The van der Waals surface area contributed by atoms with Crippen LogP contribution in [0.25, 0.3) is 0 Å². The van der Waals surface area contributed by atoms with Crippen LogP contribution in [0, 0.1) is 29.3 Å². The lowest BCUT2D eigenvalue weighted by molar-refractivity contribution is -0.0647. The maximum absolute atomic E-state index is 13.7. The van der Waals surface area contributed by atoms with Crippen LogP contribution in [-0.4, -0.2) is 29.7 Å². The Labute approximate surface area is 216 Å². The van der Waals surface area contributed by atoms with Crippen molar-refractivity contribution < 1.29 is 31.5 Å². The van der Waals surface area contributed by atoms with Crippen LogP contribution in [0.3, 0.4) is 0 Å². The number of benzene rings is 2. The summed E-state index contributed by atoms with van der Waals surface area (Å²) in [6, 6.07) is 8.39. The van der Waals surface area contributed by atoms with Crippen molar-refractivity contribution in [2.75, 3.05) is 5.32 Å². The van der Waals surface area contributed by atoms with Crippen molar-refractivity contribution >= 4 is 33.0 Å². The molecule has 37 heavy (non-hydrogen) atoms. The molecule has 2 bridgehead atoms. The Morgan fingerprint density at radius 2 is 1.59 bits per heavy atom. The lowest BCUT2D eigenvalue weighted by Gasteiger charge is -2.42. The van der Waals surface area contributed by atoms with Gasteiger partial charge in [0, 0.05) is 35.8 Å². The maximum Gasteiger partial charge on any atom is 0.255 e. The summed E-state index contributed by atoms with van der Waals surface area (Å²) in [6.07, 6.45) is 4.99. The quantitative estimate of drug-likeness (QED) is 0.423. The number of carbonyl (C=O) groups is 1. The van der Waals surface area contributed by atoms with Gasteiger partial charge in [0.2, 0.25) is 0 Å². The Kier molecular flexibility index (Phi) is 6.54. The summed E-state index contributed by atoms with van der Waals surface area (Å²) in [6.45, 7) is 0. The van der Waals surface area contributed by atoms with Crippen molar-refractivity contribution in [3.63, 3.8) is 0 Å². The predicted octanol–water partition coefficient (Wildman–Crippen LogP) is 5.25. The number of pyridine rings is 1. The van der Waals surface area contributed by atoms with Crippen molar-refractivity contribution in [2.45, 2.75) is 41.4 Å². The molecule has 0 saturated heterocycles. The predicted molar refractivity (Wildman–Crippen MR) is 130 cm³/mol. The molecule has 1 heterocycles. The summed E-state index contributed by atoms with van der Waals surface area (Å²) in [5, 5.41) is 12.9. The lowest BCUT2D eigenvalue weighted by Crippen LogP contribution is -2.45. The van der Waals surface area contributed by atoms with Gasteiger partial charge in [-0.25, -0.2) is 21.6 Å². The van der Waals surface area contributed by atoms with Gasteiger partial charge in [-0.2, -0.15) is 0 Å². The third-order valence-electron chi connectivity index (χ3n) is 7.53. The first-order valence-electron chi connectivity index (χ1n) is 11.6. The van der Waals surface area contributed by atoms with Gasteiger partial charge in [0.25, 0.3) is 5.91 Å². The third-order valence-corrected chi connectivity index (χ3v) is 10.2. The molecule has 0 spiro atoms. The molecule has 5 rings (SSSR count). The van der Waals surface area contributed by atoms with Crippen LogP contribution < -0.4 is 5.32 Å². The number of carbonyl (C=O) groups excluding carboxylic acids is 1. The number of hydrogen-bond donors (Lipinski definition) is 2. The van der Waals surface area contributed by atoms with E-state index in [9.17, 15) is 31.5 Å². The largest absolute Gasteiger partial charge is 0.385 e. The molecule has 6 nitrogen and oxygen atoms in total. The Bertz CT molecular complexity index is 1450. The number of anilines is 1. The molecule has 1 amide bonds. The SMILES string of the molecule is O=C(Nc1cc(F)c(F)c(F)c1)c1ccc(Cl)c(S(=O)(=O)C2CC3CCC(C2)C3(O)c2ccncc2)c1. The molecule has 11 heteroatoms. The van der Waals surface area contributed by atoms with Crippen LogP contribution in [0.4, 0.5) is 18.9 Å². The third kappa shape index (κ3) is 4.41. The van der Waals surface area contributed by atoms with Crippen molar-refractivity contribution in [2.24, 2.45) is 11.8 Å². The minimum atomic E-state index is -4.00. The zero-order chi connectivity index (χ0) is 26.5. The van der Waals surface area contributed by atoms with Gasteiger partial charge >= 0.3 is 0 Å². The van der Waals surface area contributed by atoms with Crippen LogP contribution in [0.1, 0.15) is 41.6 Å². The highest BCUT2D eigenvalue weighted by Crippen LogP contribution is 2.56. The summed E-state index contributed by atoms with van der Waals surface area (Å²) in [5.74, 6) is -6.03. The first-order chi connectivity index (χ1) is 17.5. The molecule has 0 aliphatic heterocycles. The Hall–Kier alpha value is -2.95. The molecular formula is C26H22ClF3N2O4S. The highest BCUT2D eigenvalue weighted by atomic mass is 35.5. The van der Waals surface area contributed by atoms with E-state index in [1.165, 1.54) is 12.1 Å². The molecule has 1 aromatic heterocycles. The van der Waals surface area contributed by atoms with Crippen molar-refractivity contribution in [3.8, 4) is 0 Å². The lowest BCUT2D eigenvalue weighted by atomic mass is 9.70. The number of amides is 1. The molecule has 2 atom stereocenters. The zero-order valence-corrected chi connectivity index (χ0v) is 20.9. The summed E-state index contributed by atoms with van der Waals surface area (Å²) in [4.78, 5) is 16.5. The molecular weight excluding hydrogens is 529 g/mol. The summed E-state index contributed by atoms with van der Waals surface area (Å²) < 4.78 is 67.6. The van der Waals surface area contributed by atoms with Gasteiger partial charge in [-0.1, -0.05) is 11.6 Å². The number of rotatable bonds is 5. The number of aliphatic hydroxyl groups is 1. The highest BCUT2D eigenvalue weighted by Gasteiger charge is 2.56. The summed E-state index contributed by atoms with van der Waals surface area (Å²) >= 11 is 6.26. The van der Waals surface area contributed by atoms with Crippen LogP contribution >= 0.6 is 11.6 Å². The summed E-state index contributed by atoms with van der Waals surface area (Å²) in [5.41, 5.74) is -0.864. The number of nitrogens with one attached hydrogen (secondary N) is 1. The normalized spacial score (nSPS) is 25.2. The van der Waals surface area contributed by atoms with E-state index in [0.29, 0.717) is 25.0 Å². The molecule has 2 aliphatic rings. The monoisotopic (exact) mass is 550 g/mol. The number of fused-ring (bicyclic) bond motifs is 2. The van der Waals surface area contributed by atoms with E-state index < -0.39 is 44.0 Å². The maximum atomic E-state index is 13.7. The fourth-order valence-corrected chi connectivity index (χ4v) is 8.12. The zero-order valence-electron chi connectivity index (χ0n) is 19.3. The smallest absolute Gasteiger partial charge is 0.255 e. The molecule has 194 valence electrons. The van der Waals surface area contributed by atoms with Crippen LogP contribution in [0.5, 0.6) is 0 Å². The van der Waals surface area contributed by atoms with E-state index in [1.54, 1.807) is 24.5 Å². The van der Waals surface area contributed by atoms with Crippen molar-refractivity contribution in [1.29, 1.82) is 0 Å². The van der Waals surface area contributed by atoms with Crippen LogP contribution in [0.2, 0.25) is 5.02 Å². The number of aromatic nitrogens is 1. The minimum absolute atomic E-state index is 0.0715. The van der Waals surface area contributed by atoms with Crippen LogP contribution in [-0.2, 0) is 15.4 Å². The molecule has 2 aliphatic carbocycles. The number of nitrogens with zero attached hydrogens (tertiary/aromatic N) is 1. The average Bonchev–Trinajstić information content (AvgIpc) is 3.04. The first-order valence-corrected chi connectivity index (χ1v) is 13.6. The van der Waals surface area contributed by atoms with Crippen LogP contribution in [0.15, 0.2) is 59.8 Å². The topological polar surface area (TPSA) is 96.4 Å². The molecule has 2 fully saturated rings. The molecule has 3 aromatic rings. The molecule has 2 saturated carbocycles. The molecule has 0 radical (unpaired) electrons. The van der Waals surface area contributed by atoms with Gasteiger partial charge in [0.15, 0.2) is 27.3 Å². The molecule has 2 aromatic carbocycles. The van der Waals surface area contributed by atoms with Gasteiger partial charge in [0.1, 0.15) is 0 Å². The fraction of sp³-hybridized carbons (Fsp3) is 0.308. The fourth-order valence-electron chi connectivity index (χ4n) is 5.72. The highest BCUT2D eigenvalue weighted by molar-refractivity contribution is 7.92. The second-order valence-corrected chi connectivity index (χ2v) is 12.1. The van der Waals surface area contributed by atoms with Gasteiger partial charge in [-0.3, -0.25) is 9.78 Å². The van der Waals surface area contributed by atoms with Gasteiger partial charge in [-0.15, -0.1) is 0 Å².